The van der Waals surface area contributed by atoms with Crippen molar-refractivity contribution in [1.29, 1.82) is 0 Å². The van der Waals surface area contributed by atoms with Crippen molar-refractivity contribution in [2.24, 2.45) is 0 Å². The van der Waals surface area contributed by atoms with Gasteiger partial charge >= 0.3 is 12.0 Å². The zero-order valence-electron chi connectivity index (χ0n) is 10.9. The van der Waals surface area contributed by atoms with Gasteiger partial charge in [-0.05, 0) is 37.7 Å². The second kappa shape index (κ2) is 6.47. The predicted octanol–water partition coefficient (Wildman–Crippen LogP) is 0.812. The minimum absolute atomic E-state index is 0.0220. The molecule has 7 heteroatoms. The maximum atomic E-state index is 11.8. The molecular formula is C12H20N2O4S. The van der Waals surface area contributed by atoms with E-state index in [1.807, 2.05) is 6.26 Å². The highest BCUT2D eigenvalue weighted by Crippen LogP contribution is 2.34. The van der Waals surface area contributed by atoms with Crippen LogP contribution in [-0.4, -0.2) is 53.4 Å². The van der Waals surface area contributed by atoms with Crippen molar-refractivity contribution in [3.8, 4) is 0 Å². The summed E-state index contributed by atoms with van der Waals surface area (Å²) >= 11 is 1.56. The maximum Gasteiger partial charge on any atom is 0.326 e. The third kappa shape index (κ3) is 3.76. The fourth-order valence-corrected chi connectivity index (χ4v) is 3.12. The van der Waals surface area contributed by atoms with E-state index in [9.17, 15) is 9.59 Å². The van der Waals surface area contributed by atoms with Crippen LogP contribution in [0.2, 0.25) is 0 Å². The average Bonchev–Trinajstić information content (AvgIpc) is 2.96. The summed E-state index contributed by atoms with van der Waals surface area (Å²) in [4.78, 5) is 22.8. The lowest BCUT2D eigenvalue weighted by Crippen LogP contribution is -2.51. The third-order valence-electron chi connectivity index (χ3n) is 3.64. The number of rotatable bonds is 6. The van der Waals surface area contributed by atoms with E-state index in [0.717, 1.165) is 19.3 Å². The summed E-state index contributed by atoms with van der Waals surface area (Å²) in [5.41, 5.74) is 0. The Morgan fingerprint density at radius 2 is 2.26 bits per heavy atom. The number of fused-ring (bicyclic) bond motifs is 2. The van der Waals surface area contributed by atoms with Crippen molar-refractivity contribution in [2.75, 3.05) is 12.0 Å². The van der Waals surface area contributed by atoms with Gasteiger partial charge in [-0.1, -0.05) is 0 Å². The molecule has 2 rings (SSSR count). The Balaban J connectivity index is 1.77. The summed E-state index contributed by atoms with van der Waals surface area (Å²) in [5, 5.41) is 14.4. The van der Waals surface area contributed by atoms with Crippen LogP contribution in [-0.2, 0) is 9.53 Å². The van der Waals surface area contributed by atoms with Crippen LogP contribution in [0.4, 0.5) is 4.79 Å². The van der Waals surface area contributed by atoms with Gasteiger partial charge in [0.2, 0.25) is 0 Å². The number of carbonyl (C=O) groups is 2. The Bertz CT molecular complexity index is 353. The van der Waals surface area contributed by atoms with Crippen LogP contribution in [0, 0.1) is 0 Å². The quantitative estimate of drug-likeness (QED) is 0.673. The van der Waals surface area contributed by atoms with Gasteiger partial charge in [0.05, 0.1) is 18.2 Å². The number of nitrogens with one attached hydrogen (secondary N) is 2. The predicted molar refractivity (Wildman–Crippen MR) is 72.4 cm³/mol. The van der Waals surface area contributed by atoms with E-state index in [1.54, 1.807) is 11.8 Å². The molecule has 3 unspecified atom stereocenters. The zero-order chi connectivity index (χ0) is 13.8. The van der Waals surface area contributed by atoms with Gasteiger partial charge < -0.3 is 20.5 Å². The molecule has 108 valence electrons. The molecule has 2 aliphatic rings. The van der Waals surface area contributed by atoms with Gasteiger partial charge in [-0.2, -0.15) is 11.8 Å². The van der Waals surface area contributed by atoms with Crippen LogP contribution < -0.4 is 10.6 Å². The highest BCUT2D eigenvalue weighted by molar-refractivity contribution is 7.98. The van der Waals surface area contributed by atoms with Crippen molar-refractivity contribution >= 4 is 23.8 Å². The molecular weight excluding hydrogens is 268 g/mol. The molecule has 2 aliphatic heterocycles. The Kier molecular flexibility index (Phi) is 4.93. The highest BCUT2D eigenvalue weighted by atomic mass is 32.2. The lowest BCUT2D eigenvalue weighted by Gasteiger charge is -2.22. The highest BCUT2D eigenvalue weighted by Gasteiger charge is 2.41. The van der Waals surface area contributed by atoms with E-state index in [2.05, 4.69) is 10.6 Å². The first-order valence-corrected chi connectivity index (χ1v) is 7.93. The second-order valence-electron chi connectivity index (χ2n) is 5.01. The Labute approximate surface area is 116 Å². The Hall–Kier alpha value is -0.950. The van der Waals surface area contributed by atoms with Crippen LogP contribution in [0.5, 0.6) is 0 Å². The number of urea groups is 1. The average molecular weight is 288 g/mol. The second-order valence-corrected chi connectivity index (χ2v) is 5.99. The van der Waals surface area contributed by atoms with E-state index in [1.165, 1.54) is 0 Å². The molecule has 0 aromatic rings. The molecule has 6 nitrogen and oxygen atoms in total. The number of thioether (sulfide) groups is 1. The molecule has 0 saturated carbocycles. The van der Waals surface area contributed by atoms with E-state index in [-0.39, 0.29) is 18.2 Å². The van der Waals surface area contributed by atoms with Crippen LogP contribution in [0.3, 0.4) is 0 Å². The SMILES string of the molecule is CSCC[C@H](NC(=O)NC1CC2CCC1O2)C(=O)O. The fraction of sp³-hybridized carbons (Fsp3) is 0.833. The molecule has 0 radical (unpaired) electrons. The number of ether oxygens (including phenoxy) is 1. The van der Waals surface area contributed by atoms with Crippen LogP contribution in [0.1, 0.15) is 25.7 Å². The van der Waals surface area contributed by atoms with Crippen molar-refractivity contribution in [3.05, 3.63) is 0 Å². The molecule has 3 N–H and O–H groups in total. The topological polar surface area (TPSA) is 87.7 Å². The lowest BCUT2D eigenvalue weighted by atomic mass is 9.96. The summed E-state index contributed by atoms with van der Waals surface area (Å²) in [6, 6.07) is -1.21. The van der Waals surface area contributed by atoms with Gasteiger partial charge in [-0.25, -0.2) is 9.59 Å². The number of carboxylic acids is 1. The van der Waals surface area contributed by atoms with Gasteiger partial charge in [-0.15, -0.1) is 0 Å². The van der Waals surface area contributed by atoms with Gasteiger partial charge in [0.1, 0.15) is 6.04 Å². The number of amides is 2. The number of hydrogen-bond donors (Lipinski definition) is 3. The molecule has 19 heavy (non-hydrogen) atoms. The summed E-state index contributed by atoms with van der Waals surface area (Å²) in [6.07, 6.45) is 5.58. The molecule has 4 atom stereocenters. The summed E-state index contributed by atoms with van der Waals surface area (Å²) in [7, 11) is 0. The van der Waals surface area contributed by atoms with Crippen LogP contribution in [0.25, 0.3) is 0 Å². The molecule has 0 spiro atoms. The van der Waals surface area contributed by atoms with Gasteiger partial charge in [0, 0.05) is 0 Å². The minimum atomic E-state index is -0.992. The van der Waals surface area contributed by atoms with Gasteiger partial charge in [-0.3, -0.25) is 0 Å². The normalized spacial score (nSPS) is 30.1. The van der Waals surface area contributed by atoms with Gasteiger partial charge in [0.15, 0.2) is 0 Å². The Morgan fingerprint density at radius 3 is 2.79 bits per heavy atom. The number of aliphatic carboxylic acids is 1. The van der Waals surface area contributed by atoms with E-state index in [4.69, 9.17) is 9.84 Å². The first-order chi connectivity index (χ1) is 9.10. The van der Waals surface area contributed by atoms with Crippen molar-refractivity contribution < 1.29 is 19.4 Å². The monoisotopic (exact) mass is 288 g/mol. The maximum absolute atomic E-state index is 11.8. The fourth-order valence-electron chi connectivity index (χ4n) is 2.65. The van der Waals surface area contributed by atoms with E-state index in [0.29, 0.717) is 12.2 Å². The molecule has 0 aromatic heterocycles. The van der Waals surface area contributed by atoms with Crippen LogP contribution >= 0.6 is 11.8 Å². The van der Waals surface area contributed by atoms with E-state index >= 15 is 0 Å². The minimum Gasteiger partial charge on any atom is -0.480 e. The molecule has 0 aromatic carbocycles. The van der Waals surface area contributed by atoms with Crippen molar-refractivity contribution in [3.63, 3.8) is 0 Å². The number of carbonyl (C=O) groups excluding carboxylic acids is 1. The third-order valence-corrected chi connectivity index (χ3v) is 4.28. The zero-order valence-corrected chi connectivity index (χ0v) is 11.7. The van der Waals surface area contributed by atoms with Crippen molar-refractivity contribution in [1.82, 2.24) is 10.6 Å². The first-order valence-electron chi connectivity index (χ1n) is 6.54. The summed E-state index contributed by atoms with van der Waals surface area (Å²) < 4.78 is 5.64. The van der Waals surface area contributed by atoms with Gasteiger partial charge in [0.25, 0.3) is 0 Å². The largest absolute Gasteiger partial charge is 0.480 e. The van der Waals surface area contributed by atoms with Crippen LogP contribution in [0.15, 0.2) is 0 Å². The molecule has 2 bridgehead atoms. The summed E-state index contributed by atoms with van der Waals surface area (Å²) in [5.74, 6) is -0.289. The van der Waals surface area contributed by atoms with Crippen molar-refractivity contribution in [2.45, 2.75) is 50.0 Å². The molecule has 0 aliphatic carbocycles. The van der Waals surface area contributed by atoms with E-state index < -0.39 is 18.0 Å². The summed E-state index contributed by atoms with van der Waals surface area (Å²) in [6.45, 7) is 0. The molecule has 2 fully saturated rings. The number of hydrogen-bond acceptors (Lipinski definition) is 4. The first kappa shape index (κ1) is 14.5. The molecule has 2 saturated heterocycles. The smallest absolute Gasteiger partial charge is 0.326 e. The number of carboxylic acid groups (broad SMARTS) is 1. The molecule has 2 amide bonds. The standard InChI is InChI=1S/C12H20N2O4S/c1-19-5-4-8(11(15)16)13-12(17)14-9-6-7-2-3-10(9)18-7/h7-10H,2-6H2,1H3,(H,15,16)(H2,13,14,17)/t7?,8-,9?,10?/m0/s1. The molecule has 2 heterocycles. The lowest BCUT2D eigenvalue weighted by molar-refractivity contribution is -0.139. The Morgan fingerprint density at radius 1 is 1.47 bits per heavy atom.